The van der Waals surface area contributed by atoms with Gasteiger partial charge < -0.3 is 14.5 Å². The van der Waals surface area contributed by atoms with Crippen LogP contribution in [0.2, 0.25) is 0 Å². The summed E-state index contributed by atoms with van der Waals surface area (Å²) in [5.74, 6) is 0.833. The number of carbonyl (C=O) groups is 1. The fraction of sp³-hybridized carbons (Fsp3) is 0.381. The van der Waals surface area contributed by atoms with E-state index in [0.717, 1.165) is 48.4 Å². The van der Waals surface area contributed by atoms with Crippen molar-refractivity contribution >= 4 is 28.3 Å². The van der Waals surface area contributed by atoms with E-state index in [2.05, 4.69) is 21.0 Å². The smallest absolute Gasteiger partial charge is 0.324 e. The zero-order valence-corrected chi connectivity index (χ0v) is 16.7. The maximum absolute atomic E-state index is 12.2. The predicted molar refractivity (Wildman–Crippen MR) is 112 cm³/mol. The Hall–Kier alpha value is -3.29. The summed E-state index contributed by atoms with van der Waals surface area (Å²) >= 11 is 0. The minimum Gasteiger partial charge on any atom is -0.497 e. The van der Waals surface area contributed by atoms with Crippen LogP contribution in [-0.4, -0.2) is 66.0 Å². The number of anilines is 2. The molecule has 2 saturated heterocycles. The van der Waals surface area contributed by atoms with Gasteiger partial charge in [0.2, 0.25) is 0 Å². The van der Waals surface area contributed by atoms with Gasteiger partial charge in [0.15, 0.2) is 0 Å². The van der Waals surface area contributed by atoms with E-state index in [4.69, 9.17) is 4.74 Å². The first kappa shape index (κ1) is 17.8. The highest BCUT2D eigenvalue weighted by Crippen LogP contribution is 2.33. The standard InChI is InChI=1S/C21H24N6O2/c1-24-9-10-26(21(24)28)16-12-23-27(14-16)15-6-8-25(13-15)20-5-7-22-19-4-3-17(29-2)11-18(19)20/h3-5,7,11-12,14-15H,6,8-10,13H2,1-2H3. The van der Waals surface area contributed by atoms with Gasteiger partial charge in [0, 0.05) is 56.7 Å². The fourth-order valence-electron chi connectivity index (χ4n) is 4.24. The molecule has 150 valence electrons. The van der Waals surface area contributed by atoms with Gasteiger partial charge in [0.25, 0.3) is 0 Å². The van der Waals surface area contributed by atoms with E-state index in [1.807, 2.05) is 42.3 Å². The van der Waals surface area contributed by atoms with Gasteiger partial charge >= 0.3 is 6.03 Å². The van der Waals surface area contributed by atoms with Crippen LogP contribution in [0, 0.1) is 0 Å². The normalized spacial score (nSPS) is 19.6. The average molecular weight is 392 g/mol. The summed E-state index contributed by atoms with van der Waals surface area (Å²) in [6, 6.07) is 8.36. The van der Waals surface area contributed by atoms with Crippen molar-refractivity contribution in [1.29, 1.82) is 0 Å². The molecular formula is C21H24N6O2. The molecule has 8 nitrogen and oxygen atoms in total. The number of urea groups is 1. The summed E-state index contributed by atoms with van der Waals surface area (Å²) in [7, 11) is 3.51. The summed E-state index contributed by atoms with van der Waals surface area (Å²) < 4.78 is 7.41. The van der Waals surface area contributed by atoms with Crippen molar-refractivity contribution in [2.24, 2.45) is 0 Å². The number of rotatable bonds is 4. The van der Waals surface area contributed by atoms with Gasteiger partial charge in [0.1, 0.15) is 5.75 Å². The minimum absolute atomic E-state index is 0.0369. The summed E-state index contributed by atoms with van der Waals surface area (Å²) in [6.07, 6.45) is 6.66. The number of fused-ring (bicyclic) bond motifs is 1. The van der Waals surface area contributed by atoms with Crippen LogP contribution in [0.15, 0.2) is 42.9 Å². The Morgan fingerprint density at radius 3 is 2.86 bits per heavy atom. The SMILES string of the molecule is COc1ccc2nccc(N3CCC(n4cc(N5CCN(C)C5=O)cn4)C3)c2c1. The molecule has 5 rings (SSSR count). The number of nitrogens with zero attached hydrogens (tertiary/aromatic N) is 6. The third-order valence-corrected chi connectivity index (χ3v) is 5.92. The van der Waals surface area contributed by atoms with Gasteiger partial charge in [-0.25, -0.2) is 4.79 Å². The van der Waals surface area contributed by atoms with Crippen molar-refractivity contribution in [1.82, 2.24) is 19.7 Å². The lowest BCUT2D eigenvalue weighted by Crippen LogP contribution is -2.28. The highest BCUT2D eigenvalue weighted by molar-refractivity contribution is 5.94. The molecule has 8 heteroatoms. The van der Waals surface area contributed by atoms with Gasteiger partial charge in [-0.2, -0.15) is 5.10 Å². The Balaban J connectivity index is 1.37. The van der Waals surface area contributed by atoms with Gasteiger partial charge in [0.05, 0.1) is 30.6 Å². The Morgan fingerprint density at radius 1 is 1.17 bits per heavy atom. The maximum atomic E-state index is 12.2. The average Bonchev–Trinajstić information content (AvgIpc) is 3.48. The number of carbonyl (C=O) groups excluding carboxylic acids is 1. The lowest BCUT2D eigenvalue weighted by atomic mass is 10.1. The monoisotopic (exact) mass is 392 g/mol. The second-order valence-electron chi connectivity index (χ2n) is 7.64. The second-order valence-corrected chi connectivity index (χ2v) is 7.64. The van der Waals surface area contributed by atoms with Crippen molar-refractivity contribution in [3.8, 4) is 5.75 Å². The number of aromatic nitrogens is 3. The first-order valence-electron chi connectivity index (χ1n) is 9.88. The molecule has 3 aromatic rings. The first-order chi connectivity index (χ1) is 14.1. The van der Waals surface area contributed by atoms with E-state index in [1.54, 1.807) is 23.1 Å². The summed E-state index contributed by atoms with van der Waals surface area (Å²) in [4.78, 5) is 22.6. The number of hydrogen-bond acceptors (Lipinski definition) is 5. The molecular weight excluding hydrogens is 368 g/mol. The lowest BCUT2D eigenvalue weighted by molar-refractivity contribution is 0.229. The molecule has 1 aromatic carbocycles. The molecule has 2 aromatic heterocycles. The van der Waals surface area contributed by atoms with Crippen LogP contribution in [0.3, 0.4) is 0 Å². The quantitative estimate of drug-likeness (QED) is 0.683. The molecule has 29 heavy (non-hydrogen) atoms. The predicted octanol–water partition coefficient (Wildman–Crippen LogP) is 2.76. The zero-order chi connectivity index (χ0) is 20.0. The Bertz CT molecular complexity index is 1060. The molecule has 0 saturated carbocycles. The Labute approximate surface area is 169 Å². The van der Waals surface area contributed by atoms with E-state index in [9.17, 15) is 4.79 Å². The molecule has 2 amide bonds. The number of amides is 2. The molecule has 0 aliphatic carbocycles. The summed E-state index contributed by atoms with van der Waals surface area (Å²) in [5, 5.41) is 5.66. The summed E-state index contributed by atoms with van der Waals surface area (Å²) in [6.45, 7) is 3.27. The minimum atomic E-state index is 0.0369. The number of pyridine rings is 1. The lowest BCUT2D eigenvalue weighted by Gasteiger charge is -2.21. The van der Waals surface area contributed by atoms with Crippen molar-refractivity contribution in [3.05, 3.63) is 42.9 Å². The van der Waals surface area contributed by atoms with E-state index in [0.29, 0.717) is 6.54 Å². The molecule has 0 N–H and O–H groups in total. The Kier molecular flexibility index (Phi) is 4.26. The molecule has 0 bridgehead atoms. The maximum Gasteiger partial charge on any atom is 0.324 e. The van der Waals surface area contributed by atoms with E-state index < -0.39 is 0 Å². The van der Waals surface area contributed by atoms with Crippen LogP contribution in [0.4, 0.5) is 16.2 Å². The molecule has 2 fully saturated rings. The second kappa shape index (κ2) is 6.95. The third kappa shape index (κ3) is 3.04. The molecule has 2 aliphatic rings. The first-order valence-corrected chi connectivity index (χ1v) is 9.88. The van der Waals surface area contributed by atoms with Crippen molar-refractivity contribution in [2.45, 2.75) is 12.5 Å². The van der Waals surface area contributed by atoms with Crippen LogP contribution in [0.1, 0.15) is 12.5 Å². The third-order valence-electron chi connectivity index (χ3n) is 5.92. The summed E-state index contributed by atoms with van der Waals surface area (Å²) in [5.41, 5.74) is 3.00. The zero-order valence-electron chi connectivity index (χ0n) is 16.7. The number of methoxy groups -OCH3 is 1. The molecule has 0 radical (unpaired) electrons. The van der Waals surface area contributed by atoms with Gasteiger partial charge in [-0.3, -0.25) is 14.6 Å². The number of hydrogen-bond donors (Lipinski definition) is 0. The molecule has 2 aliphatic heterocycles. The molecule has 4 heterocycles. The van der Waals surface area contributed by atoms with Crippen LogP contribution >= 0.6 is 0 Å². The van der Waals surface area contributed by atoms with Crippen LogP contribution in [0.25, 0.3) is 10.9 Å². The van der Waals surface area contributed by atoms with Crippen molar-refractivity contribution in [2.75, 3.05) is 50.1 Å². The number of ether oxygens (including phenoxy) is 1. The number of likely N-dealkylation sites (N-methyl/N-ethyl adjacent to an activating group) is 1. The van der Waals surface area contributed by atoms with Gasteiger partial charge in [-0.1, -0.05) is 0 Å². The van der Waals surface area contributed by atoms with Crippen LogP contribution < -0.4 is 14.5 Å². The highest BCUT2D eigenvalue weighted by Gasteiger charge is 2.30. The van der Waals surface area contributed by atoms with E-state index >= 15 is 0 Å². The van der Waals surface area contributed by atoms with Crippen LogP contribution in [0.5, 0.6) is 5.75 Å². The van der Waals surface area contributed by atoms with Gasteiger partial charge in [-0.15, -0.1) is 0 Å². The van der Waals surface area contributed by atoms with Gasteiger partial charge in [-0.05, 0) is 30.7 Å². The van der Waals surface area contributed by atoms with E-state index in [1.165, 1.54) is 5.69 Å². The van der Waals surface area contributed by atoms with Crippen molar-refractivity contribution < 1.29 is 9.53 Å². The molecule has 1 unspecified atom stereocenters. The Morgan fingerprint density at radius 2 is 2.07 bits per heavy atom. The largest absolute Gasteiger partial charge is 0.497 e. The molecule has 0 spiro atoms. The molecule has 1 atom stereocenters. The van der Waals surface area contributed by atoms with Crippen LogP contribution in [-0.2, 0) is 0 Å². The fourth-order valence-corrected chi connectivity index (χ4v) is 4.24. The van der Waals surface area contributed by atoms with E-state index in [-0.39, 0.29) is 12.1 Å². The topological polar surface area (TPSA) is 66.7 Å². The highest BCUT2D eigenvalue weighted by atomic mass is 16.5. The number of benzene rings is 1. The van der Waals surface area contributed by atoms with Crippen molar-refractivity contribution in [3.63, 3.8) is 0 Å².